The van der Waals surface area contributed by atoms with Crippen LogP contribution in [-0.2, 0) is 10.0 Å². The number of anilines is 1. The summed E-state index contributed by atoms with van der Waals surface area (Å²) in [5, 5.41) is 6.23. The Morgan fingerprint density at radius 1 is 1.05 bits per heavy atom. The molecule has 2 N–H and O–H groups in total. The van der Waals surface area contributed by atoms with E-state index in [0.717, 1.165) is 24.1 Å². The van der Waals surface area contributed by atoms with Crippen LogP contribution in [0.4, 0.5) is 15.3 Å². The predicted octanol–water partition coefficient (Wildman–Crippen LogP) is 1.97. The second-order valence-electron chi connectivity index (χ2n) is 4.64. The zero-order valence-electron chi connectivity index (χ0n) is 12.0. The van der Waals surface area contributed by atoms with Crippen LogP contribution in [0.2, 0.25) is 0 Å². The SMILES string of the molecule is CN(C(=O)NC(=O)Nc1cccc2ccccc12)S(C)(=O)=O. The van der Waals surface area contributed by atoms with Crippen molar-refractivity contribution in [2.75, 3.05) is 18.6 Å². The number of carbonyl (C=O) groups excluding carboxylic acids is 2. The topological polar surface area (TPSA) is 95.6 Å². The minimum absolute atomic E-state index is 0.454. The molecule has 0 saturated heterocycles. The van der Waals surface area contributed by atoms with Gasteiger partial charge in [0.2, 0.25) is 10.0 Å². The van der Waals surface area contributed by atoms with Crippen molar-refractivity contribution < 1.29 is 18.0 Å². The van der Waals surface area contributed by atoms with E-state index < -0.39 is 22.1 Å². The molecular formula is C14H15N3O4S. The average molecular weight is 321 g/mol. The summed E-state index contributed by atoms with van der Waals surface area (Å²) in [6, 6.07) is 10.9. The monoisotopic (exact) mass is 321 g/mol. The van der Waals surface area contributed by atoms with E-state index in [0.29, 0.717) is 9.99 Å². The lowest BCUT2D eigenvalue weighted by atomic mass is 10.1. The Balaban J connectivity index is 2.13. The number of rotatable bonds is 2. The van der Waals surface area contributed by atoms with Crippen molar-refractivity contribution in [2.24, 2.45) is 0 Å². The summed E-state index contributed by atoms with van der Waals surface area (Å²) < 4.78 is 22.9. The van der Waals surface area contributed by atoms with E-state index in [2.05, 4.69) is 5.32 Å². The standard InChI is InChI=1S/C14H15N3O4S/c1-17(22(2,20)21)14(19)16-13(18)15-12-9-5-7-10-6-3-4-8-11(10)12/h3-9H,1-2H3,(H2,15,16,18,19). The van der Waals surface area contributed by atoms with Crippen molar-refractivity contribution in [3.63, 3.8) is 0 Å². The zero-order valence-corrected chi connectivity index (χ0v) is 12.8. The second kappa shape index (κ2) is 6.02. The van der Waals surface area contributed by atoms with Crippen molar-refractivity contribution in [1.29, 1.82) is 0 Å². The first kappa shape index (κ1) is 15.8. The molecule has 0 atom stereocenters. The number of urea groups is 2. The van der Waals surface area contributed by atoms with Crippen LogP contribution in [0.3, 0.4) is 0 Å². The highest BCUT2D eigenvalue weighted by Gasteiger charge is 2.20. The number of carbonyl (C=O) groups is 2. The van der Waals surface area contributed by atoms with Crippen LogP contribution in [0.5, 0.6) is 0 Å². The van der Waals surface area contributed by atoms with Crippen LogP contribution in [0, 0.1) is 0 Å². The first-order valence-electron chi connectivity index (χ1n) is 6.32. The molecule has 0 fully saturated rings. The maximum absolute atomic E-state index is 11.8. The third-order valence-electron chi connectivity index (χ3n) is 3.04. The minimum Gasteiger partial charge on any atom is -0.307 e. The molecule has 0 aliphatic rings. The molecule has 2 rings (SSSR count). The smallest absolute Gasteiger partial charge is 0.307 e. The number of benzene rings is 2. The summed E-state index contributed by atoms with van der Waals surface area (Å²) in [6.07, 6.45) is 0.870. The lowest BCUT2D eigenvalue weighted by molar-refractivity contribution is 0.223. The Hall–Kier alpha value is -2.61. The fourth-order valence-corrected chi connectivity index (χ4v) is 2.16. The van der Waals surface area contributed by atoms with Gasteiger partial charge in [-0.3, -0.25) is 5.32 Å². The molecule has 2 aromatic carbocycles. The number of nitrogens with zero attached hydrogens (tertiary/aromatic N) is 1. The predicted molar refractivity (Wildman–Crippen MR) is 84.1 cm³/mol. The molecule has 8 heteroatoms. The van der Waals surface area contributed by atoms with Crippen LogP contribution < -0.4 is 10.6 Å². The van der Waals surface area contributed by atoms with Crippen LogP contribution in [0.1, 0.15) is 0 Å². The Morgan fingerprint density at radius 3 is 2.36 bits per heavy atom. The maximum Gasteiger partial charge on any atom is 0.338 e. The second-order valence-corrected chi connectivity index (χ2v) is 6.66. The lowest BCUT2D eigenvalue weighted by Gasteiger charge is -2.15. The molecule has 2 aromatic rings. The summed E-state index contributed by atoms with van der Waals surface area (Å²) in [6.45, 7) is 0. The third-order valence-corrected chi connectivity index (χ3v) is 4.20. The molecule has 0 bridgehead atoms. The summed E-state index contributed by atoms with van der Waals surface area (Å²) in [4.78, 5) is 23.5. The number of imide groups is 1. The van der Waals surface area contributed by atoms with Gasteiger partial charge in [-0.25, -0.2) is 22.3 Å². The summed E-state index contributed by atoms with van der Waals surface area (Å²) >= 11 is 0. The number of hydrogen-bond donors (Lipinski definition) is 2. The molecule has 22 heavy (non-hydrogen) atoms. The van der Waals surface area contributed by atoms with Crippen LogP contribution >= 0.6 is 0 Å². The molecule has 0 aromatic heterocycles. The van der Waals surface area contributed by atoms with Gasteiger partial charge in [0.25, 0.3) is 0 Å². The van der Waals surface area contributed by atoms with Gasteiger partial charge < -0.3 is 5.32 Å². The molecule has 7 nitrogen and oxygen atoms in total. The van der Waals surface area contributed by atoms with Gasteiger partial charge in [-0.05, 0) is 11.5 Å². The number of hydrogen-bond acceptors (Lipinski definition) is 4. The van der Waals surface area contributed by atoms with Gasteiger partial charge in [0, 0.05) is 12.4 Å². The highest BCUT2D eigenvalue weighted by molar-refractivity contribution is 7.88. The number of fused-ring (bicyclic) bond motifs is 1. The maximum atomic E-state index is 11.8. The Morgan fingerprint density at radius 2 is 1.68 bits per heavy atom. The summed E-state index contributed by atoms with van der Waals surface area (Å²) in [5.41, 5.74) is 0.519. The molecule has 0 spiro atoms. The molecule has 0 aliphatic carbocycles. The Bertz CT molecular complexity index is 828. The van der Waals surface area contributed by atoms with E-state index in [-0.39, 0.29) is 0 Å². The molecule has 116 valence electrons. The number of sulfonamides is 1. The van der Waals surface area contributed by atoms with Crippen LogP contribution in [0.25, 0.3) is 10.8 Å². The summed E-state index contributed by atoms with van der Waals surface area (Å²) in [7, 11) is -2.65. The van der Waals surface area contributed by atoms with E-state index in [1.165, 1.54) is 0 Å². The van der Waals surface area contributed by atoms with Crippen molar-refractivity contribution in [2.45, 2.75) is 0 Å². The fraction of sp³-hybridized carbons (Fsp3) is 0.143. The van der Waals surface area contributed by atoms with Gasteiger partial charge in [-0.2, -0.15) is 0 Å². The molecular weight excluding hydrogens is 306 g/mol. The molecule has 0 radical (unpaired) electrons. The Kier molecular flexibility index (Phi) is 4.32. The Labute approximate surface area is 128 Å². The van der Waals surface area contributed by atoms with E-state index >= 15 is 0 Å². The molecule has 0 heterocycles. The van der Waals surface area contributed by atoms with Crippen molar-refractivity contribution in [3.05, 3.63) is 42.5 Å². The number of nitrogens with one attached hydrogen (secondary N) is 2. The quantitative estimate of drug-likeness (QED) is 0.884. The van der Waals surface area contributed by atoms with E-state index in [4.69, 9.17) is 0 Å². The zero-order chi connectivity index (χ0) is 16.3. The lowest BCUT2D eigenvalue weighted by Crippen LogP contribution is -2.44. The van der Waals surface area contributed by atoms with E-state index in [1.54, 1.807) is 12.1 Å². The highest BCUT2D eigenvalue weighted by atomic mass is 32.2. The van der Waals surface area contributed by atoms with Crippen LogP contribution in [0.15, 0.2) is 42.5 Å². The molecule has 0 saturated carbocycles. The summed E-state index contributed by atoms with van der Waals surface area (Å²) in [5.74, 6) is 0. The molecule has 4 amide bonds. The van der Waals surface area contributed by atoms with Crippen molar-refractivity contribution in [3.8, 4) is 0 Å². The first-order valence-corrected chi connectivity index (χ1v) is 8.17. The highest BCUT2D eigenvalue weighted by Crippen LogP contribution is 2.22. The van der Waals surface area contributed by atoms with E-state index in [1.807, 2.05) is 35.6 Å². The largest absolute Gasteiger partial charge is 0.338 e. The fourth-order valence-electron chi connectivity index (χ4n) is 1.81. The van der Waals surface area contributed by atoms with Gasteiger partial charge >= 0.3 is 12.1 Å². The average Bonchev–Trinajstić information content (AvgIpc) is 2.45. The normalized spacial score (nSPS) is 11.0. The molecule has 0 unspecified atom stereocenters. The van der Waals surface area contributed by atoms with Gasteiger partial charge in [0.1, 0.15) is 0 Å². The number of amides is 4. The van der Waals surface area contributed by atoms with Gasteiger partial charge in [0.05, 0.1) is 11.9 Å². The van der Waals surface area contributed by atoms with Gasteiger partial charge in [-0.15, -0.1) is 0 Å². The van der Waals surface area contributed by atoms with Crippen LogP contribution in [-0.4, -0.2) is 38.1 Å². The van der Waals surface area contributed by atoms with Gasteiger partial charge in [-0.1, -0.05) is 36.4 Å². The van der Waals surface area contributed by atoms with E-state index in [9.17, 15) is 18.0 Å². The minimum atomic E-state index is -3.71. The van der Waals surface area contributed by atoms with Crippen molar-refractivity contribution in [1.82, 2.24) is 9.62 Å². The molecule has 0 aliphatic heterocycles. The van der Waals surface area contributed by atoms with Gasteiger partial charge in [0.15, 0.2) is 0 Å². The van der Waals surface area contributed by atoms with Crippen molar-refractivity contribution >= 4 is 38.5 Å². The third kappa shape index (κ3) is 3.53. The first-order chi connectivity index (χ1) is 10.3.